The summed E-state index contributed by atoms with van der Waals surface area (Å²) < 4.78 is 34.9. The molecule has 0 aliphatic rings. The van der Waals surface area contributed by atoms with Crippen LogP contribution < -0.4 is 0 Å². The highest BCUT2D eigenvalue weighted by molar-refractivity contribution is 9.10. The van der Waals surface area contributed by atoms with Gasteiger partial charge in [-0.2, -0.15) is 0 Å². The Kier molecular flexibility index (Phi) is 4.63. The average molecular weight is 393 g/mol. The quantitative estimate of drug-likeness (QED) is 0.629. The molecule has 0 amide bonds. The van der Waals surface area contributed by atoms with E-state index in [-0.39, 0.29) is 16.3 Å². The first kappa shape index (κ1) is 17.0. The fraction of sp³-hybridized carbons (Fsp3) is 0.267. The van der Waals surface area contributed by atoms with Crippen molar-refractivity contribution in [2.24, 2.45) is 0 Å². The van der Waals surface area contributed by atoms with Crippen molar-refractivity contribution in [3.63, 3.8) is 0 Å². The summed E-state index contributed by atoms with van der Waals surface area (Å²) in [5.41, 5.74) is -1.05. The SMILES string of the molecule is CC(C)(C)OC(=O)n1cc(Br)cc1-c1c(F)cc(Cl)cc1F. The molecule has 1 aromatic heterocycles. The van der Waals surface area contributed by atoms with E-state index in [1.807, 2.05) is 0 Å². The van der Waals surface area contributed by atoms with E-state index in [4.69, 9.17) is 16.3 Å². The number of carbonyl (C=O) groups is 1. The molecule has 3 nitrogen and oxygen atoms in total. The third-order valence-electron chi connectivity index (χ3n) is 2.64. The van der Waals surface area contributed by atoms with Crippen LogP contribution in [0.4, 0.5) is 13.6 Å². The zero-order valence-electron chi connectivity index (χ0n) is 12.1. The summed E-state index contributed by atoms with van der Waals surface area (Å²) in [6, 6.07) is 3.40. The van der Waals surface area contributed by atoms with E-state index in [1.165, 1.54) is 12.3 Å². The molecule has 7 heteroatoms. The third kappa shape index (κ3) is 3.67. The largest absolute Gasteiger partial charge is 0.443 e. The van der Waals surface area contributed by atoms with E-state index in [9.17, 15) is 13.6 Å². The summed E-state index contributed by atoms with van der Waals surface area (Å²) in [4.78, 5) is 12.2. The van der Waals surface area contributed by atoms with Crippen molar-refractivity contribution < 1.29 is 18.3 Å². The van der Waals surface area contributed by atoms with Crippen molar-refractivity contribution in [1.82, 2.24) is 4.57 Å². The molecule has 0 radical (unpaired) electrons. The second-order valence-corrected chi connectivity index (χ2v) is 6.99. The highest BCUT2D eigenvalue weighted by Gasteiger charge is 2.24. The van der Waals surface area contributed by atoms with Crippen LogP contribution in [0, 0.1) is 11.6 Å². The summed E-state index contributed by atoms with van der Waals surface area (Å²) in [6.45, 7) is 5.10. The molecule has 2 aromatic rings. The van der Waals surface area contributed by atoms with Gasteiger partial charge in [-0.1, -0.05) is 11.6 Å². The minimum Gasteiger partial charge on any atom is -0.443 e. The van der Waals surface area contributed by atoms with Crippen molar-refractivity contribution in [2.75, 3.05) is 0 Å². The Hall–Kier alpha value is -1.40. The van der Waals surface area contributed by atoms with Crippen LogP contribution in [0.1, 0.15) is 20.8 Å². The number of hydrogen-bond donors (Lipinski definition) is 0. The first-order chi connectivity index (χ1) is 10.1. The smallest absolute Gasteiger partial charge is 0.419 e. The van der Waals surface area contributed by atoms with E-state index in [1.54, 1.807) is 20.8 Å². The lowest BCUT2D eigenvalue weighted by Crippen LogP contribution is -2.27. The van der Waals surface area contributed by atoms with E-state index >= 15 is 0 Å². The maximum absolute atomic E-state index is 14.1. The molecular weight excluding hydrogens is 380 g/mol. The van der Waals surface area contributed by atoms with Crippen molar-refractivity contribution in [3.8, 4) is 11.3 Å². The monoisotopic (exact) mass is 391 g/mol. The first-order valence-corrected chi connectivity index (χ1v) is 7.52. The van der Waals surface area contributed by atoms with Gasteiger partial charge in [-0.05, 0) is 54.9 Å². The van der Waals surface area contributed by atoms with Gasteiger partial charge < -0.3 is 4.74 Å². The normalized spacial score (nSPS) is 11.6. The van der Waals surface area contributed by atoms with Crippen LogP contribution in [-0.2, 0) is 4.74 Å². The highest BCUT2D eigenvalue weighted by atomic mass is 79.9. The van der Waals surface area contributed by atoms with Crippen LogP contribution in [0.5, 0.6) is 0 Å². The molecule has 0 bridgehead atoms. The van der Waals surface area contributed by atoms with Crippen molar-refractivity contribution >= 4 is 33.6 Å². The van der Waals surface area contributed by atoms with Crippen LogP contribution in [0.3, 0.4) is 0 Å². The summed E-state index contributed by atoms with van der Waals surface area (Å²) in [5, 5.41) is -0.0619. The Morgan fingerprint density at radius 2 is 1.77 bits per heavy atom. The van der Waals surface area contributed by atoms with Gasteiger partial charge in [0.05, 0.1) is 11.3 Å². The number of aromatic nitrogens is 1. The molecule has 0 aliphatic heterocycles. The topological polar surface area (TPSA) is 31.2 Å². The molecule has 118 valence electrons. The van der Waals surface area contributed by atoms with Gasteiger partial charge in [0, 0.05) is 15.7 Å². The van der Waals surface area contributed by atoms with Crippen LogP contribution >= 0.6 is 27.5 Å². The number of rotatable bonds is 1. The molecule has 1 heterocycles. The Bertz CT molecular complexity index is 715. The second-order valence-electron chi connectivity index (χ2n) is 5.64. The zero-order chi connectivity index (χ0) is 16.7. The molecule has 0 saturated heterocycles. The van der Waals surface area contributed by atoms with Gasteiger partial charge in [0.1, 0.15) is 17.2 Å². The van der Waals surface area contributed by atoms with Crippen molar-refractivity contribution in [2.45, 2.75) is 26.4 Å². The molecule has 0 spiro atoms. The minimum atomic E-state index is -0.861. The average Bonchev–Trinajstić information content (AvgIpc) is 2.67. The van der Waals surface area contributed by atoms with E-state index in [2.05, 4.69) is 15.9 Å². The molecule has 0 saturated carbocycles. The lowest BCUT2D eigenvalue weighted by molar-refractivity contribution is 0.0540. The Morgan fingerprint density at radius 3 is 2.27 bits per heavy atom. The Labute approximate surface area is 140 Å². The summed E-state index contributed by atoms with van der Waals surface area (Å²) in [7, 11) is 0. The number of nitrogens with zero attached hydrogens (tertiary/aromatic N) is 1. The molecule has 0 fully saturated rings. The number of hydrogen-bond acceptors (Lipinski definition) is 2. The fourth-order valence-electron chi connectivity index (χ4n) is 1.87. The maximum atomic E-state index is 14.1. The molecule has 0 aliphatic carbocycles. The lowest BCUT2D eigenvalue weighted by atomic mass is 10.1. The predicted molar refractivity (Wildman–Crippen MR) is 84.1 cm³/mol. The molecule has 1 aromatic carbocycles. The summed E-state index contributed by atoms with van der Waals surface area (Å²) in [5.74, 6) is -1.72. The molecule has 0 unspecified atom stereocenters. The van der Waals surface area contributed by atoms with Gasteiger partial charge in [-0.25, -0.2) is 13.6 Å². The number of ether oxygens (including phenoxy) is 1. The van der Waals surface area contributed by atoms with Crippen LogP contribution in [0.2, 0.25) is 5.02 Å². The fourth-order valence-corrected chi connectivity index (χ4v) is 2.49. The highest BCUT2D eigenvalue weighted by Crippen LogP contribution is 2.32. The van der Waals surface area contributed by atoms with E-state index in [0.29, 0.717) is 4.47 Å². The van der Waals surface area contributed by atoms with E-state index < -0.39 is 23.3 Å². The molecule has 22 heavy (non-hydrogen) atoms. The van der Waals surface area contributed by atoms with Crippen LogP contribution in [0.15, 0.2) is 28.9 Å². The van der Waals surface area contributed by atoms with Gasteiger partial charge in [0.25, 0.3) is 0 Å². The second kappa shape index (κ2) is 6.01. The zero-order valence-corrected chi connectivity index (χ0v) is 14.4. The summed E-state index contributed by atoms with van der Waals surface area (Å²) >= 11 is 8.81. The minimum absolute atomic E-state index is 0.0350. The standard InChI is InChI=1S/C15H13BrClF2NO2/c1-15(2,3)22-14(21)20-7-8(16)4-12(20)13-10(18)5-9(17)6-11(13)19/h4-7H,1-3H3. The lowest BCUT2D eigenvalue weighted by Gasteiger charge is -2.20. The number of halogens is 4. The van der Waals surface area contributed by atoms with Crippen molar-refractivity contribution in [1.29, 1.82) is 0 Å². The number of benzene rings is 1. The van der Waals surface area contributed by atoms with Crippen LogP contribution in [0.25, 0.3) is 11.3 Å². The summed E-state index contributed by atoms with van der Waals surface area (Å²) in [6.07, 6.45) is 0.652. The van der Waals surface area contributed by atoms with E-state index in [0.717, 1.165) is 16.7 Å². The molecular formula is C15H13BrClF2NO2. The maximum Gasteiger partial charge on any atom is 0.419 e. The van der Waals surface area contributed by atoms with Crippen LogP contribution in [-0.4, -0.2) is 16.3 Å². The Morgan fingerprint density at radius 1 is 1.23 bits per heavy atom. The number of carbonyl (C=O) groups excluding carboxylic acids is 1. The van der Waals surface area contributed by atoms with Gasteiger partial charge in [0.15, 0.2) is 0 Å². The van der Waals surface area contributed by atoms with Gasteiger partial charge in [0.2, 0.25) is 0 Å². The van der Waals surface area contributed by atoms with Gasteiger partial charge in [-0.3, -0.25) is 4.57 Å². The molecule has 0 atom stereocenters. The Balaban J connectivity index is 2.57. The predicted octanol–water partition coefficient (Wildman–Crippen LogP) is 5.63. The third-order valence-corrected chi connectivity index (χ3v) is 3.29. The van der Waals surface area contributed by atoms with Gasteiger partial charge in [-0.15, -0.1) is 0 Å². The molecule has 0 N–H and O–H groups in total. The van der Waals surface area contributed by atoms with Gasteiger partial charge >= 0.3 is 6.09 Å². The van der Waals surface area contributed by atoms with Crippen molar-refractivity contribution in [3.05, 3.63) is 45.5 Å². The first-order valence-electron chi connectivity index (χ1n) is 6.34. The molecule has 2 rings (SSSR count).